The van der Waals surface area contributed by atoms with E-state index in [2.05, 4.69) is 10.2 Å². The topological polar surface area (TPSA) is 186 Å². The Hall–Kier alpha value is -4.28. The first-order valence-electron chi connectivity index (χ1n) is 8.46. The van der Waals surface area contributed by atoms with E-state index in [0.717, 1.165) is 12.1 Å². The average Bonchev–Trinajstić information content (AvgIpc) is 2.67. The molecular formula is C19H17N3O8. The van der Waals surface area contributed by atoms with E-state index in [4.69, 9.17) is 15.3 Å². The van der Waals surface area contributed by atoms with Gasteiger partial charge in [-0.2, -0.15) is 10.2 Å². The van der Waals surface area contributed by atoms with Gasteiger partial charge in [0.05, 0.1) is 29.8 Å². The van der Waals surface area contributed by atoms with Gasteiger partial charge in [-0.25, -0.2) is 4.79 Å². The van der Waals surface area contributed by atoms with Crippen LogP contribution in [0, 0.1) is 0 Å². The van der Waals surface area contributed by atoms with Gasteiger partial charge in [-0.1, -0.05) is 12.1 Å². The highest BCUT2D eigenvalue weighted by Gasteiger charge is 2.24. The molecule has 0 aliphatic heterocycles. The summed E-state index contributed by atoms with van der Waals surface area (Å²) in [5, 5.41) is 46.3. The molecular weight excluding hydrogens is 398 g/mol. The lowest BCUT2D eigenvalue weighted by Gasteiger charge is -2.13. The summed E-state index contributed by atoms with van der Waals surface area (Å²) >= 11 is 0. The van der Waals surface area contributed by atoms with Crippen LogP contribution >= 0.6 is 0 Å². The largest absolute Gasteiger partial charge is 0.507 e. The van der Waals surface area contributed by atoms with Gasteiger partial charge in [-0.3, -0.25) is 14.4 Å². The van der Waals surface area contributed by atoms with Crippen LogP contribution in [0.15, 0.2) is 52.7 Å². The molecule has 0 aliphatic carbocycles. The number of phenolic OH excluding ortho intramolecular Hbond substituents is 1. The SMILES string of the molecule is O=C(O)Cc1ccc(/N=N/c2ccc(O)c(C(=O)NC(CC(=O)O)C(=O)O)c2)cc1. The van der Waals surface area contributed by atoms with Crippen molar-refractivity contribution in [1.29, 1.82) is 0 Å². The molecule has 0 aliphatic rings. The van der Waals surface area contributed by atoms with Crippen LogP contribution in [0.4, 0.5) is 11.4 Å². The molecule has 1 atom stereocenters. The van der Waals surface area contributed by atoms with Crippen molar-refractivity contribution in [2.75, 3.05) is 0 Å². The molecule has 5 N–H and O–H groups in total. The molecule has 0 heterocycles. The number of aliphatic carboxylic acids is 3. The molecule has 2 aromatic carbocycles. The lowest BCUT2D eigenvalue weighted by molar-refractivity contribution is -0.145. The summed E-state index contributed by atoms with van der Waals surface area (Å²) in [5.74, 6) is -5.36. The fourth-order valence-corrected chi connectivity index (χ4v) is 2.35. The van der Waals surface area contributed by atoms with Crippen molar-refractivity contribution >= 4 is 35.2 Å². The number of nitrogens with zero attached hydrogens (tertiary/aromatic N) is 2. The Bertz CT molecular complexity index is 1000. The molecule has 0 fully saturated rings. The molecule has 0 radical (unpaired) electrons. The Labute approximate surface area is 169 Å². The highest BCUT2D eigenvalue weighted by molar-refractivity contribution is 6.00. The van der Waals surface area contributed by atoms with Gasteiger partial charge in [0, 0.05) is 0 Å². The van der Waals surface area contributed by atoms with Gasteiger partial charge in [-0.15, -0.1) is 0 Å². The predicted molar refractivity (Wildman–Crippen MR) is 101 cm³/mol. The van der Waals surface area contributed by atoms with Crippen molar-refractivity contribution in [3.63, 3.8) is 0 Å². The standard InChI is InChI=1S/C19H17N3O8/c23-15-6-5-12(22-21-11-3-1-10(2-4-11)7-16(24)25)8-13(15)18(28)20-14(19(29)30)9-17(26)27/h1-6,8,14,23H,7,9H2,(H,20,28)(H,24,25)(H,26,27)(H,29,30)/b22-21+. The van der Waals surface area contributed by atoms with Gasteiger partial charge < -0.3 is 25.7 Å². The number of hydrogen-bond donors (Lipinski definition) is 5. The zero-order valence-electron chi connectivity index (χ0n) is 15.3. The number of hydrogen-bond acceptors (Lipinski definition) is 7. The first kappa shape index (κ1) is 22.0. The van der Waals surface area contributed by atoms with Crippen LogP contribution in [-0.2, 0) is 20.8 Å². The summed E-state index contributed by atoms with van der Waals surface area (Å²) in [5.41, 5.74) is 0.854. The fraction of sp³-hybridized carbons (Fsp3) is 0.158. The smallest absolute Gasteiger partial charge is 0.326 e. The van der Waals surface area contributed by atoms with Crippen LogP contribution in [0.25, 0.3) is 0 Å². The van der Waals surface area contributed by atoms with E-state index in [1.54, 1.807) is 24.3 Å². The molecule has 0 spiro atoms. The van der Waals surface area contributed by atoms with Crippen LogP contribution in [0.5, 0.6) is 5.75 Å². The van der Waals surface area contributed by atoms with Crippen molar-refractivity contribution in [3.05, 3.63) is 53.6 Å². The summed E-state index contributed by atoms with van der Waals surface area (Å²) in [4.78, 5) is 44.8. The minimum Gasteiger partial charge on any atom is -0.507 e. The Morgan fingerprint density at radius 2 is 1.47 bits per heavy atom. The lowest BCUT2D eigenvalue weighted by Crippen LogP contribution is -2.42. The van der Waals surface area contributed by atoms with E-state index in [1.807, 2.05) is 5.32 Å². The molecule has 11 heteroatoms. The van der Waals surface area contributed by atoms with E-state index >= 15 is 0 Å². The first-order valence-corrected chi connectivity index (χ1v) is 8.46. The number of carbonyl (C=O) groups excluding carboxylic acids is 1. The third kappa shape index (κ3) is 6.41. The van der Waals surface area contributed by atoms with Gasteiger partial charge in [0.25, 0.3) is 5.91 Å². The number of aromatic hydroxyl groups is 1. The number of carboxylic acid groups (broad SMARTS) is 3. The minimum atomic E-state index is -1.68. The first-order chi connectivity index (χ1) is 14.2. The number of benzene rings is 2. The molecule has 11 nitrogen and oxygen atoms in total. The van der Waals surface area contributed by atoms with Crippen LogP contribution in [-0.4, -0.2) is 50.3 Å². The van der Waals surface area contributed by atoms with Gasteiger partial charge in [0.2, 0.25) is 0 Å². The Morgan fingerprint density at radius 1 is 0.867 bits per heavy atom. The number of azo groups is 1. The number of nitrogens with one attached hydrogen (secondary N) is 1. The number of rotatable bonds is 9. The number of carboxylic acids is 3. The van der Waals surface area contributed by atoms with Gasteiger partial charge >= 0.3 is 17.9 Å². The second kappa shape index (κ2) is 9.78. The molecule has 30 heavy (non-hydrogen) atoms. The van der Waals surface area contributed by atoms with Crippen molar-refractivity contribution in [1.82, 2.24) is 5.32 Å². The zero-order chi connectivity index (χ0) is 22.3. The molecule has 0 bridgehead atoms. The monoisotopic (exact) mass is 415 g/mol. The summed E-state index contributed by atoms with van der Waals surface area (Å²) < 4.78 is 0. The molecule has 0 saturated heterocycles. The second-order valence-electron chi connectivity index (χ2n) is 6.10. The highest BCUT2D eigenvalue weighted by atomic mass is 16.4. The second-order valence-corrected chi connectivity index (χ2v) is 6.10. The third-order valence-electron chi connectivity index (χ3n) is 3.78. The summed E-state index contributed by atoms with van der Waals surface area (Å²) in [6.07, 6.45) is -0.966. The van der Waals surface area contributed by atoms with Gasteiger partial charge in [0.15, 0.2) is 0 Å². The molecule has 1 unspecified atom stereocenters. The van der Waals surface area contributed by atoms with Gasteiger partial charge in [-0.05, 0) is 35.9 Å². The molecule has 2 rings (SSSR count). The Morgan fingerprint density at radius 3 is 2.03 bits per heavy atom. The lowest BCUT2D eigenvalue weighted by atomic mass is 10.1. The number of amides is 1. The quantitative estimate of drug-likeness (QED) is 0.385. The van der Waals surface area contributed by atoms with E-state index in [9.17, 15) is 24.3 Å². The molecule has 0 saturated carbocycles. The summed E-state index contributed by atoms with van der Waals surface area (Å²) in [6, 6.07) is 8.26. The molecule has 2 aromatic rings. The van der Waals surface area contributed by atoms with E-state index in [0.29, 0.717) is 11.3 Å². The highest BCUT2D eigenvalue weighted by Crippen LogP contribution is 2.25. The average molecular weight is 415 g/mol. The van der Waals surface area contributed by atoms with Crippen LogP contribution < -0.4 is 5.32 Å². The zero-order valence-corrected chi connectivity index (χ0v) is 15.3. The van der Waals surface area contributed by atoms with E-state index in [-0.39, 0.29) is 17.7 Å². The van der Waals surface area contributed by atoms with Crippen molar-refractivity contribution in [2.45, 2.75) is 18.9 Å². The number of phenols is 1. The fourth-order valence-electron chi connectivity index (χ4n) is 2.35. The molecule has 156 valence electrons. The van der Waals surface area contributed by atoms with Crippen molar-refractivity contribution < 1.29 is 39.6 Å². The Balaban J connectivity index is 2.16. The third-order valence-corrected chi connectivity index (χ3v) is 3.78. The molecule has 0 aromatic heterocycles. The van der Waals surface area contributed by atoms with Crippen molar-refractivity contribution in [2.24, 2.45) is 10.2 Å². The van der Waals surface area contributed by atoms with Crippen LogP contribution in [0.3, 0.4) is 0 Å². The van der Waals surface area contributed by atoms with Crippen molar-refractivity contribution in [3.8, 4) is 5.75 Å². The van der Waals surface area contributed by atoms with Crippen LogP contribution in [0.2, 0.25) is 0 Å². The van der Waals surface area contributed by atoms with Crippen LogP contribution in [0.1, 0.15) is 22.3 Å². The minimum absolute atomic E-state index is 0.132. The Kier molecular flexibility index (Phi) is 7.17. The maximum absolute atomic E-state index is 12.3. The van der Waals surface area contributed by atoms with E-state index < -0.39 is 42.0 Å². The maximum atomic E-state index is 12.3. The van der Waals surface area contributed by atoms with E-state index in [1.165, 1.54) is 6.07 Å². The maximum Gasteiger partial charge on any atom is 0.326 e. The summed E-state index contributed by atoms with van der Waals surface area (Å²) in [7, 11) is 0. The predicted octanol–water partition coefficient (Wildman–Crippen LogP) is 2.09. The summed E-state index contributed by atoms with van der Waals surface area (Å²) in [6.45, 7) is 0. The molecule has 1 amide bonds. The van der Waals surface area contributed by atoms with Gasteiger partial charge in [0.1, 0.15) is 11.8 Å². The number of carbonyl (C=O) groups is 4. The normalized spacial score (nSPS) is 11.7.